The molecule has 1 atom stereocenters. The molecule has 0 aliphatic carbocycles. The van der Waals surface area contributed by atoms with Crippen LogP contribution in [0.3, 0.4) is 0 Å². The minimum absolute atomic E-state index is 0.0107. The standard InChI is InChI=1S/C22H26F3N3O/c1-27(2)19-10-8-16(9-11-19)20(28-12-3-4-13-28)15-26-21(29)17-6-5-7-18(14-17)22(23,24)25/h5-11,14,20H,3-4,12-13,15H2,1-2H3,(H,26,29)/t20-/m0/s1. The first-order valence-corrected chi connectivity index (χ1v) is 9.72. The van der Waals surface area contributed by atoms with E-state index >= 15 is 0 Å². The fourth-order valence-electron chi connectivity index (χ4n) is 3.63. The van der Waals surface area contributed by atoms with Gasteiger partial charge in [-0.3, -0.25) is 9.69 Å². The summed E-state index contributed by atoms with van der Waals surface area (Å²) in [5.74, 6) is -0.495. The van der Waals surface area contributed by atoms with Crippen molar-refractivity contribution < 1.29 is 18.0 Å². The minimum Gasteiger partial charge on any atom is -0.378 e. The number of benzene rings is 2. The quantitative estimate of drug-likeness (QED) is 0.777. The molecule has 0 saturated carbocycles. The molecule has 0 unspecified atom stereocenters. The Kier molecular flexibility index (Phi) is 6.47. The van der Waals surface area contributed by atoms with Crippen LogP contribution in [0.15, 0.2) is 48.5 Å². The maximum atomic E-state index is 12.9. The molecule has 1 fully saturated rings. The molecule has 1 aliphatic heterocycles. The third kappa shape index (κ3) is 5.29. The van der Waals surface area contributed by atoms with Crippen LogP contribution in [0.4, 0.5) is 18.9 Å². The molecule has 1 amide bonds. The minimum atomic E-state index is -4.47. The number of halogens is 3. The van der Waals surface area contributed by atoms with Gasteiger partial charge >= 0.3 is 6.18 Å². The van der Waals surface area contributed by atoms with Gasteiger partial charge in [0.05, 0.1) is 11.6 Å². The number of carbonyl (C=O) groups is 1. The Balaban J connectivity index is 1.74. The average molecular weight is 405 g/mol. The first-order chi connectivity index (χ1) is 13.8. The molecule has 3 rings (SSSR count). The van der Waals surface area contributed by atoms with Crippen molar-refractivity contribution in [3.63, 3.8) is 0 Å². The smallest absolute Gasteiger partial charge is 0.378 e. The Morgan fingerprint density at radius 2 is 1.76 bits per heavy atom. The summed E-state index contributed by atoms with van der Waals surface area (Å²) in [6, 6.07) is 12.7. The van der Waals surface area contributed by atoms with Crippen LogP contribution in [0.25, 0.3) is 0 Å². The number of hydrogen-bond donors (Lipinski definition) is 1. The van der Waals surface area contributed by atoms with E-state index in [0.29, 0.717) is 6.54 Å². The van der Waals surface area contributed by atoms with E-state index in [1.54, 1.807) is 0 Å². The molecule has 29 heavy (non-hydrogen) atoms. The molecule has 0 spiro atoms. The molecule has 7 heteroatoms. The number of carbonyl (C=O) groups excluding carboxylic acids is 1. The Bertz CT molecular complexity index is 828. The van der Waals surface area contributed by atoms with Gasteiger partial charge in [-0.25, -0.2) is 0 Å². The Hall–Kier alpha value is -2.54. The van der Waals surface area contributed by atoms with Crippen molar-refractivity contribution in [3.8, 4) is 0 Å². The number of amides is 1. The van der Waals surface area contributed by atoms with Crippen molar-refractivity contribution in [3.05, 3.63) is 65.2 Å². The number of nitrogens with one attached hydrogen (secondary N) is 1. The average Bonchev–Trinajstić information content (AvgIpc) is 3.22. The van der Waals surface area contributed by atoms with Crippen molar-refractivity contribution in [1.82, 2.24) is 10.2 Å². The van der Waals surface area contributed by atoms with Gasteiger partial charge in [0.25, 0.3) is 5.91 Å². The van der Waals surface area contributed by atoms with E-state index in [9.17, 15) is 18.0 Å². The second kappa shape index (κ2) is 8.86. The maximum Gasteiger partial charge on any atom is 0.416 e. The molecule has 4 nitrogen and oxygen atoms in total. The van der Waals surface area contributed by atoms with Gasteiger partial charge in [-0.2, -0.15) is 13.2 Å². The lowest BCUT2D eigenvalue weighted by Gasteiger charge is -2.28. The summed E-state index contributed by atoms with van der Waals surface area (Å²) in [7, 11) is 3.95. The second-order valence-corrected chi connectivity index (χ2v) is 7.53. The van der Waals surface area contributed by atoms with Gasteiger partial charge in [0.2, 0.25) is 0 Å². The molecular weight excluding hydrogens is 379 g/mol. The second-order valence-electron chi connectivity index (χ2n) is 7.53. The van der Waals surface area contributed by atoms with Crippen LogP contribution >= 0.6 is 0 Å². The molecule has 156 valence electrons. The van der Waals surface area contributed by atoms with Crippen molar-refractivity contribution in [2.75, 3.05) is 38.6 Å². The lowest BCUT2D eigenvalue weighted by atomic mass is 10.0. The molecule has 1 aliphatic rings. The van der Waals surface area contributed by atoms with Gasteiger partial charge in [0, 0.05) is 31.9 Å². The van der Waals surface area contributed by atoms with E-state index in [4.69, 9.17) is 0 Å². The fraction of sp³-hybridized carbons (Fsp3) is 0.409. The number of anilines is 1. The molecular formula is C22H26F3N3O. The lowest BCUT2D eigenvalue weighted by Crippen LogP contribution is -2.36. The zero-order valence-corrected chi connectivity index (χ0v) is 16.7. The number of alkyl halides is 3. The van der Waals surface area contributed by atoms with E-state index < -0.39 is 17.6 Å². The summed E-state index contributed by atoms with van der Waals surface area (Å²) in [5, 5.41) is 2.83. The van der Waals surface area contributed by atoms with Crippen molar-refractivity contribution >= 4 is 11.6 Å². The summed E-state index contributed by atoms with van der Waals surface area (Å²) >= 11 is 0. The highest BCUT2D eigenvalue weighted by molar-refractivity contribution is 5.94. The molecule has 2 aromatic carbocycles. The lowest BCUT2D eigenvalue weighted by molar-refractivity contribution is -0.137. The molecule has 1 saturated heterocycles. The van der Waals surface area contributed by atoms with Gasteiger partial charge in [-0.05, 0) is 61.8 Å². The summed E-state index contributed by atoms with van der Waals surface area (Å²) in [5.41, 5.74) is 1.37. The Labute approximate surface area is 169 Å². The third-order valence-corrected chi connectivity index (χ3v) is 5.28. The largest absolute Gasteiger partial charge is 0.416 e. The SMILES string of the molecule is CN(C)c1ccc([C@H](CNC(=O)c2cccc(C(F)(F)F)c2)N2CCCC2)cc1. The Morgan fingerprint density at radius 3 is 2.34 bits per heavy atom. The van der Waals surface area contributed by atoms with Crippen LogP contribution in [0.2, 0.25) is 0 Å². The molecule has 1 heterocycles. The zero-order valence-electron chi connectivity index (χ0n) is 16.7. The normalized spacial score (nSPS) is 15.9. The summed E-state index contributed by atoms with van der Waals surface area (Å²) in [6.07, 6.45) is -2.26. The number of likely N-dealkylation sites (tertiary alicyclic amines) is 1. The highest BCUT2D eigenvalue weighted by Gasteiger charge is 2.31. The zero-order chi connectivity index (χ0) is 21.0. The van der Waals surface area contributed by atoms with Crippen LogP contribution in [0, 0.1) is 0 Å². The predicted molar refractivity (Wildman–Crippen MR) is 108 cm³/mol. The summed E-state index contributed by atoms with van der Waals surface area (Å²) < 4.78 is 38.8. The fourth-order valence-corrected chi connectivity index (χ4v) is 3.63. The summed E-state index contributed by atoms with van der Waals surface area (Å²) in [6.45, 7) is 2.23. The molecule has 0 bridgehead atoms. The van der Waals surface area contributed by atoms with Crippen LogP contribution in [-0.2, 0) is 6.18 Å². The number of rotatable bonds is 6. The predicted octanol–water partition coefficient (Wildman–Crippen LogP) is 4.34. The topological polar surface area (TPSA) is 35.6 Å². The van der Waals surface area contributed by atoms with Crippen LogP contribution < -0.4 is 10.2 Å². The van der Waals surface area contributed by atoms with Gasteiger partial charge in [0.1, 0.15) is 0 Å². The highest BCUT2D eigenvalue weighted by Crippen LogP contribution is 2.30. The van der Waals surface area contributed by atoms with Crippen molar-refractivity contribution in [2.45, 2.75) is 25.1 Å². The highest BCUT2D eigenvalue weighted by atomic mass is 19.4. The number of hydrogen-bond acceptors (Lipinski definition) is 3. The van der Waals surface area contributed by atoms with Crippen LogP contribution in [0.1, 0.15) is 40.4 Å². The number of nitrogens with zero attached hydrogens (tertiary/aromatic N) is 2. The van der Waals surface area contributed by atoms with Gasteiger partial charge in [-0.15, -0.1) is 0 Å². The van der Waals surface area contributed by atoms with E-state index in [1.807, 2.05) is 31.1 Å². The van der Waals surface area contributed by atoms with Crippen LogP contribution in [-0.4, -0.2) is 44.5 Å². The van der Waals surface area contributed by atoms with Crippen molar-refractivity contribution in [2.24, 2.45) is 0 Å². The van der Waals surface area contributed by atoms with E-state index in [2.05, 4.69) is 22.3 Å². The third-order valence-electron chi connectivity index (χ3n) is 5.28. The van der Waals surface area contributed by atoms with Gasteiger partial charge in [-0.1, -0.05) is 18.2 Å². The monoisotopic (exact) mass is 405 g/mol. The van der Waals surface area contributed by atoms with Crippen LogP contribution in [0.5, 0.6) is 0 Å². The molecule has 1 N–H and O–H groups in total. The van der Waals surface area contributed by atoms with E-state index in [1.165, 1.54) is 12.1 Å². The van der Waals surface area contributed by atoms with E-state index in [0.717, 1.165) is 49.3 Å². The molecule has 0 radical (unpaired) electrons. The van der Waals surface area contributed by atoms with Gasteiger partial charge < -0.3 is 10.2 Å². The summed E-state index contributed by atoms with van der Waals surface area (Å²) in [4.78, 5) is 16.8. The van der Waals surface area contributed by atoms with Gasteiger partial charge in [0.15, 0.2) is 0 Å². The first-order valence-electron chi connectivity index (χ1n) is 9.72. The molecule has 2 aromatic rings. The Morgan fingerprint density at radius 1 is 1.10 bits per heavy atom. The maximum absolute atomic E-state index is 12.9. The first kappa shape index (κ1) is 21.2. The van der Waals surface area contributed by atoms with E-state index in [-0.39, 0.29) is 11.6 Å². The molecule has 0 aromatic heterocycles. The van der Waals surface area contributed by atoms with Crippen molar-refractivity contribution in [1.29, 1.82) is 0 Å².